The van der Waals surface area contributed by atoms with Gasteiger partial charge in [-0.25, -0.2) is 0 Å². The van der Waals surface area contributed by atoms with E-state index in [1.807, 2.05) is 49.4 Å². The van der Waals surface area contributed by atoms with Gasteiger partial charge in [-0.3, -0.25) is 9.11 Å². The number of methoxy groups -OCH3 is 2. The van der Waals surface area contributed by atoms with E-state index in [0.29, 0.717) is 56.4 Å². The zero-order chi connectivity index (χ0) is 49.7. The third kappa shape index (κ3) is 10.8. The monoisotopic (exact) mass is 979 g/mol. The van der Waals surface area contributed by atoms with Crippen LogP contribution >= 0.6 is 0 Å². The van der Waals surface area contributed by atoms with Crippen molar-refractivity contribution in [3.05, 3.63) is 150 Å². The molecule has 0 aliphatic rings. The molecule has 8 aromatic rings. The second kappa shape index (κ2) is 20.1. The van der Waals surface area contributed by atoms with Crippen molar-refractivity contribution in [3.8, 4) is 17.2 Å². The summed E-state index contributed by atoms with van der Waals surface area (Å²) in [5, 5.41) is 60.5. The number of aliphatic hydroxyl groups is 1. The maximum Gasteiger partial charge on any atom is 0.296 e. The summed E-state index contributed by atoms with van der Waals surface area (Å²) >= 11 is 0. The Kier molecular flexibility index (Phi) is 13.8. The van der Waals surface area contributed by atoms with Gasteiger partial charge in [0.15, 0.2) is 5.75 Å². The SMILES string of the molecule is COc1ccc(Nc2ccc3c(O)c(N=Nc4cc(CO)c(N=Nc5ccc(N=Nc6ccc(N=Nc7cc8c(S(=O)(=O)O)cccc8cc7S(=O)(=O)O)c(C)c6)c(C)c5)cc4OC)ccc3c2)cc1. The highest BCUT2D eigenvalue weighted by molar-refractivity contribution is 7.86. The molecule has 8 rings (SSSR count). The van der Waals surface area contributed by atoms with Gasteiger partial charge in [-0.2, -0.15) is 42.4 Å². The van der Waals surface area contributed by atoms with E-state index >= 15 is 0 Å². The van der Waals surface area contributed by atoms with Crippen molar-refractivity contribution in [2.75, 3.05) is 19.5 Å². The number of rotatable bonds is 15. The van der Waals surface area contributed by atoms with Crippen LogP contribution in [0.1, 0.15) is 16.7 Å². The van der Waals surface area contributed by atoms with Gasteiger partial charge in [-0.1, -0.05) is 18.2 Å². The fourth-order valence-corrected chi connectivity index (χ4v) is 8.55. The predicted molar refractivity (Wildman–Crippen MR) is 263 cm³/mol. The number of nitrogens with zero attached hydrogens (tertiary/aromatic N) is 8. The van der Waals surface area contributed by atoms with Crippen molar-refractivity contribution in [1.29, 1.82) is 0 Å². The molecule has 0 amide bonds. The van der Waals surface area contributed by atoms with E-state index in [1.54, 1.807) is 74.7 Å². The van der Waals surface area contributed by atoms with Crippen LogP contribution in [0, 0.1) is 13.8 Å². The molecule has 0 saturated carbocycles. The number of azo groups is 4. The van der Waals surface area contributed by atoms with E-state index in [4.69, 9.17) is 9.47 Å². The molecule has 19 nitrogen and oxygen atoms in total. The van der Waals surface area contributed by atoms with Gasteiger partial charge in [0.25, 0.3) is 20.2 Å². The van der Waals surface area contributed by atoms with Crippen molar-refractivity contribution < 1.29 is 45.6 Å². The van der Waals surface area contributed by atoms with Gasteiger partial charge < -0.3 is 25.0 Å². The number of aryl methyl sites for hydroxylation is 2. The van der Waals surface area contributed by atoms with Crippen LogP contribution in [0.15, 0.2) is 184 Å². The number of hydrogen-bond donors (Lipinski definition) is 5. The molecule has 70 heavy (non-hydrogen) atoms. The second-order valence-electron chi connectivity index (χ2n) is 15.5. The van der Waals surface area contributed by atoms with Crippen molar-refractivity contribution in [1.82, 2.24) is 0 Å². The Morgan fingerprint density at radius 3 is 1.69 bits per heavy atom. The normalized spacial score (nSPS) is 12.3. The summed E-state index contributed by atoms with van der Waals surface area (Å²) in [6.45, 7) is 3.14. The summed E-state index contributed by atoms with van der Waals surface area (Å²) in [6.07, 6.45) is 0. The third-order valence-corrected chi connectivity index (χ3v) is 12.6. The fourth-order valence-electron chi connectivity index (χ4n) is 7.20. The minimum atomic E-state index is -4.81. The van der Waals surface area contributed by atoms with E-state index < -0.39 is 36.6 Å². The van der Waals surface area contributed by atoms with Gasteiger partial charge in [0.2, 0.25) is 0 Å². The van der Waals surface area contributed by atoms with Crippen LogP contribution in [-0.2, 0) is 26.8 Å². The highest BCUT2D eigenvalue weighted by Crippen LogP contribution is 2.41. The molecular weight excluding hydrogens is 939 g/mol. The smallest absolute Gasteiger partial charge is 0.296 e. The molecule has 0 radical (unpaired) electrons. The molecule has 0 unspecified atom stereocenters. The lowest BCUT2D eigenvalue weighted by atomic mass is 10.1. The highest BCUT2D eigenvalue weighted by Gasteiger charge is 2.21. The Morgan fingerprint density at radius 1 is 0.500 bits per heavy atom. The lowest BCUT2D eigenvalue weighted by Gasteiger charge is -2.10. The van der Waals surface area contributed by atoms with Gasteiger partial charge in [0.1, 0.15) is 38.4 Å². The zero-order valence-corrected chi connectivity index (χ0v) is 39.2. The fraction of sp³-hybridized carbons (Fsp3) is 0.102. The summed E-state index contributed by atoms with van der Waals surface area (Å²) in [4.78, 5) is -1.08. The number of benzene rings is 8. The van der Waals surface area contributed by atoms with Crippen LogP contribution in [0.2, 0.25) is 0 Å². The first-order chi connectivity index (χ1) is 33.5. The third-order valence-electron chi connectivity index (χ3n) is 10.8. The molecule has 0 fully saturated rings. The van der Waals surface area contributed by atoms with Crippen molar-refractivity contribution in [2.24, 2.45) is 40.9 Å². The summed E-state index contributed by atoms with van der Waals surface area (Å²) in [7, 11) is -6.42. The van der Waals surface area contributed by atoms with Crippen LogP contribution in [-0.4, -0.2) is 50.4 Å². The number of phenolic OH excluding ortho intramolecular Hbond substituents is 1. The van der Waals surface area contributed by atoms with Gasteiger partial charge in [0.05, 0.1) is 49.3 Å². The van der Waals surface area contributed by atoms with E-state index in [1.165, 1.54) is 19.2 Å². The molecule has 0 aliphatic carbocycles. The molecule has 0 aliphatic heterocycles. The average molecular weight is 980 g/mol. The minimum absolute atomic E-state index is 0.0238. The number of aliphatic hydroxyl groups excluding tert-OH is 1. The average Bonchev–Trinajstić information content (AvgIpc) is 3.34. The number of aromatic hydroxyl groups is 1. The van der Waals surface area contributed by atoms with Crippen molar-refractivity contribution in [2.45, 2.75) is 30.2 Å². The maximum atomic E-state index is 12.2. The lowest BCUT2D eigenvalue weighted by Crippen LogP contribution is -2.01. The van der Waals surface area contributed by atoms with E-state index in [9.17, 15) is 36.2 Å². The lowest BCUT2D eigenvalue weighted by molar-refractivity contribution is 0.282. The Bertz CT molecular complexity index is 3700. The summed E-state index contributed by atoms with van der Waals surface area (Å²) in [6, 6.07) is 35.8. The molecule has 0 spiro atoms. The van der Waals surface area contributed by atoms with E-state index in [-0.39, 0.29) is 27.9 Å². The minimum Gasteiger partial charge on any atom is -0.505 e. The largest absolute Gasteiger partial charge is 0.505 e. The molecule has 354 valence electrons. The molecule has 0 aromatic heterocycles. The summed E-state index contributed by atoms with van der Waals surface area (Å²) in [5.74, 6) is 0.999. The van der Waals surface area contributed by atoms with Gasteiger partial charge in [0, 0.05) is 33.8 Å². The Balaban J connectivity index is 0.951. The molecule has 5 N–H and O–H groups in total. The Morgan fingerprint density at radius 2 is 1.07 bits per heavy atom. The quantitative estimate of drug-likeness (QED) is 0.0475. The number of fused-ring (bicyclic) bond motifs is 2. The number of ether oxygens (including phenoxy) is 2. The summed E-state index contributed by atoms with van der Waals surface area (Å²) < 4.78 is 78.9. The number of phenols is 1. The van der Waals surface area contributed by atoms with Crippen LogP contribution < -0.4 is 14.8 Å². The van der Waals surface area contributed by atoms with Gasteiger partial charge in [-0.15, -0.1) is 15.3 Å². The molecular formula is C49H41N9O10S2. The topological polar surface area (TPSA) is 279 Å². The molecule has 0 heterocycles. The van der Waals surface area contributed by atoms with Crippen molar-refractivity contribution in [3.63, 3.8) is 0 Å². The Hall–Kier alpha value is -8.34. The van der Waals surface area contributed by atoms with Crippen LogP contribution in [0.4, 0.5) is 56.9 Å². The zero-order valence-electron chi connectivity index (χ0n) is 37.5. The van der Waals surface area contributed by atoms with Crippen LogP contribution in [0.25, 0.3) is 21.5 Å². The predicted octanol–water partition coefficient (Wildman–Crippen LogP) is 13.7. The van der Waals surface area contributed by atoms with Gasteiger partial charge >= 0.3 is 0 Å². The van der Waals surface area contributed by atoms with Crippen LogP contribution in [0.3, 0.4) is 0 Å². The standard InChI is InChI=1S/C49H41N9O10S2/c1-28-20-36(12-18-40(28)53-51-35-13-19-41(29(2)21-35)54-58-45-25-39-30(24-48(45)70(64,65)66)6-5-7-47(39)69(61,62)63)52-56-43-26-46(68-4)44(23-32(43)27-59)57-55-42-17-8-31-22-34(11-16-38(31)49(42)60)50-33-9-14-37(67-3)15-10-33/h5-26,50,59-60H,27H2,1-4H3,(H,61,62,63)(H,64,65,66). The molecule has 21 heteroatoms. The van der Waals surface area contributed by atoms with E-state index in [2.05, 4.69) is 46.2 Å². The Labute approximate surface area is 400 Å². The number of anilines is 2. The first kappa shape index (κ1) is 48.1. The number of nitrogens with one attached hydrogen (secondary N) is 1. The van der Waals surface area contributed by atoms with Crippen LogP contribution in [0.5, 0.6) is 17.2 Å². The van der Waals surface area contributed by atoms with Gasteiger partial charge in [-0.05, 0) is 145 Å². The van der Waals surface area contributed by atoms with Crippen molar-refractivity contribution >= 4 is 98.7 Å². The molecule has 0 bridgehead atoms. The first-order valence-corrected chi connectivity index (χ1v) is 23.8. The number of hydrogen-bond acceptors (Lipinski definition) is 17. The van der Waals surface area contributed by atoms with E-state index in [0.717, 1.165) is 46.3 Å². The molecule has 0 atom stereocenters. The second-order valence-corrected chi connectivity index (χ2v) is 18.3. The first-order valence-electron chi connectivity index (χ1n) is 20.9. The maximum absolute atomic E-state index is 12.2. The summed E-state index contributed by atoms with van der Waals surface area (Å²) in [5.41, 5.74) is 5.69. The molecule has 8 aromatic carbocycles. The molecule has 0 saturated heterocycles. The highest BCUT2D eigenvalue weighted by atomic mass is 32.2.